The minimum Gasteiger partial charge on any atom is -0.469 e. The Bertz CT molecular complexity index is 874. The van der Waals surface area contributed by atoms with E-state index in [4.69, 9.17) is 31.8 Å². The molecule has 1 saturated heterocycles. The first-order valence-electron chi connectivity index (χ1n) is 14.7. The predicted octanol–water partition coefficient (Wildman–Crippen LogP) is 6.64. The summed E-state index contributed by atoms with van der Waals surface area (Å²) in [6.07, 6.45) is 1.04. The van der Waals surface area contributed by atoms with Gasteiger partial charge in [0.1, 0.15) is 23.9 Å². The van der Waals surface area contributed by atoms with Crippen molar-refractivity contribution in [3.63, 3.8) is 0 Å². The molecule has 1 aliphatic heterocycles. The predicted molar refractivity (Wildman–Crippen MR) is 170 cm³/mol. The first-order valence-corrected chi connectivity index (χ1v) is 26.6. The molecule has 41 heavy (non-hydrogen) atoms. The summed E-state index contributed by atoms with van der Waals surface area (Å²) in [6.45, 7) is 22.6. The number of methoxy groups -OCH3 is 1. The Morgan fingerprint density at radius 1 is 0.854 bits per heavy atom. The van der Waals surface area contributed by atoms with Gasteiger partial charge >= 0.3 is 13.6 Å². The molecule has 0 amide bonds. The van der Waals surface area contributed by atoms with Crippen LogP contribution in [0.3, 0.4) is 0 Å². The van der Waals surface area contributed by atoms with E-state index in [9.17, 15) is 14.5 Å². The number of esters is 1. The average molecular weight is 657 g/mol. The SMILES string of the molecule is CCOP(=O)(/C=C/[C@@]1(CCCCCC(=O)OC)O[C@H](O)[C@@H](O[Si](C)(C)C)[C@@H](O[Si](C)(C)C)[C@@H]1O[Si](C)(C)C)OCC. The second-order valence-corrected chi connectivity index (χ2v) is 28.6. The van der Waals surface area contributed by atoms with Gasteiger partial charge in [-0.2, -0.15) is 0 Å². The number of carbonyl (C=O) groups excluding carboxylic acids is 1. The molecule has 1 N–H and O–H groups in total. The van der Waals surface area contributed by atoms with E-state index in [-0.39, 0.29) is 19.2 Å². The molecule has 5 atom stereocenters. The lowest BCUT2D eigenvalue weighted by atomic mass is 9.82. The van der Waals surface area contributed by atoms with Gasteiger partial charge in [-0.1, -0.05) is 12.8 Å². The third-order valence-corrected chi connectivity index (χ3v) is 10.7. The Morgan fingerprint density at radius 3 is 1.83 bits per heavy atom. The fraction of sp³-hybridized carbons (Fsp3) is 0.889. The van der Waals surface area contributed by atoms with Crippen LogP contribution in [0, 0.1) is 0 Å². The van der Waals surface area contributed by atoms with Gasteiger partial charge in [0.05, 0.1) is 20.3 Å². The molecule has 0 bridgehead atoms. The van der Waals surface area contributed by atoms with Crippen molar-refractivity contribution in [3.8, 4) is 0 Å². The molecule has 14 heteroatoms. The molecule has 0 unspecified atom stereocenters. The zero-order valence-electron chi connectivity index (χ0n) is 27.5. The van der Waals surface area contributed by atoms with Crippen molar-refractivity contribution in [1.29, 1.82) is 0 Å². The van der Waals surface area contributed by atoms with E-state index in [0.717, 1.165) is 0 Å². The number of unbranched alkanes of at least 4 members (excludes halogenated alkanes) is 2. The summed E-state index contributed by atoms with van der Waals surface area (Å²) in [5.74, 6) is 1.18. The van der Waals surface area contributed by atoms with Crippen LogP contribution >= 0.6 is 7.60 Å². The number of ether oxygens (including phenoxy) is 2. The number of rotatable bonds is 18. The number of aliphatic hydroxyl groups excluding tert-OH is 1. The Kier molecular flexibility index (Phi) is 15.4. The van der Waals surface area contributed by atoms with Gasteiger partial charge in [0.25, 0.3) is 0 Å². The van der Waals surface area contributed by atoms with Crippen LogP contribution < -0.4 is 0 Å². The van der Waals surface area contributed by atoms with Gasteiger partial charge in [0.2, 0.25) is 0 Å². The van der Waals surface area contributed by atoms with Crippen molar-refractivity contribution < 1.29 is 46.3 Å². The number of carbonyl (C=O) groups is 1. The third kappa shape index (κ3) is 14.0. The maximum Gasteiger partial charge on any atom is 0.353 e. The monoisotopic (exact) mass is 656 g/mol. The van der Waals surface area contributed by atoms with Crippen LogP contribution in [0.4, 0.5) is 0 Å². The van der Waals surface area contributed by atoms with Crippen LogP contribution in [0.1, 0.15) is 46.0 Å². The molecule has 0 aliphatic carbocycles. The smallest absolute Gasteiger partial charge is 0.353 e. The van der Waals surface area contributed by atoms with Gasteiger partial charge in [0, 0.05) is 12.2 Å². The first kappa shape index (κ1) is 38.8. The van der Waals surface area contributed by atoms with Gasteiger partial charge in [-0.15, -0.1) is 0 Å². The molecule has 0 saturated carbocycles. The lowest BCUT2D eigenvalue weighted by Gasteiger charge is -2.54. The van der Waals surface area contributed by atoms with Crippen LogP contribution in [-0.2, 0) is 41.2 Å². The molecule has 0 spiro atoms. The Morgan fingerprint density at radius 2 is 1.37 bits per heavy atom. The number of hydrogen-bond donors (Lipinski definition) is 1. The summed E-state index contributed by atoms with van der Waals surface area (Å²) in [5.41, 5.74) is -1.22. The van der Waals surface area contributed by atoms with E-state index in [1.807, 2.05) is 0 Å². The molecule has 1 rings (SSSR count). The average Bonchev–Trinajstić information content (AvgIpc) is 2.80. The molecule has 1 aliphatic rings. The van der Waals surface area contributed by atoms with E-state index in [0.29, 0.717) is 32.1 Å². The Labute approximate surface area is 251 Å². The van der Waals surface area contributed by atoms with E-state index in [1.54, 1.807) is 19.9 Å². The zero-order valence-corrected chi connectivity index (χ0v) is 31.4. The van der Waals surface area contributed by atoms with Gasteiger partial charge < -0.3 is 36.9 Å². The van der Waals surface area contributed by atoms with Crippen LogP contribution in [0.5, 0.6) is 0 Å². The third-order valence-electron chi connectivity index (χ3n) is 6.02. The maximum absolute atomic E-state index is 13.5. The molecular formula is C27H57O10PSi3. The number of aliphatic hydroxyl groups is 1. The van der Waals surface area contributed by atoms with Gasteiger partial charge in [-0.25, -0.2) is 0 Å². The van der Waals surface area contributed by atoms with Crippen molar-refractivity contribution in [3.05, 3.63) is 11.9 Å². The Balaban J connectivity index is 3.74. The molecule has 10 nitrogen and oxygen atoms in total. The fourth-order valence-corrected chi connectivity index (χ4v) is 9.30. The van der Waals surface area contributed by atoms with Gasteiger partial charge in [0.15, 0.2) is 31.2 Å². The minimum absolute atomic E-state index is 0.202. The van der Waals surface area contributed by atoms with Crippen LogP contribution in [0.15, 0.2) is 11.9 Å². The van der Waals surface area contributed by atoms with Crippen LogP contribution in [-0.4, -0.2) is 86.6 Å². The summed E-state index contributed by atoms with van der Waals surface area (Å²) in [7, 11) is -8.81. The molecule has 242 valence electrons. The topological polar surface area (TPSA) is 119 Å². The molecule has 1 heterocycles. The lowest BCUT2D eigenvalue weighted by Crippen LogP contribution is -2.69. The summed E-state index contributed by atoms with van der Waals surface area (Å²) in [4.78, 5) is 11.7. The quantitative estimate of drug-likeness (QED) is 0.0745. The van der Waals surface area contributed by atoms with Gasteiger partial charge in [-0.05, 0) is 91.7 Å². The summed E-state index contributed by atoms with van der Waals surface area (Å²) < 4.78 is 56.1. The van der Waals surface area contributed by atoms with Crippen LogP contribution in [0.25, 0.3) is 0 Å². The summed E-state index contributed by atoms with van der Waals surface area (Å²) >= 11 is 0. The van der Waals surface area contributed by atoms with Crippen molar-refractivity contribution in [1.82, 2.24) is 0 Å². The molecule has 1 fully saturated rings. The van der Waals surface area contributed by atoms with Crippen LogP contribution in [0.2, 0.25) is 58.9 Å². The van der Waals surface area contributed by atoms with E-state index in [2.05, 4.69) is 58.9 Å². The minimum atomic E-state index is -3.60. The normalized spacial score (nSPS) is 26.5. The van der Waals surface area contributed by atoms with E-state index < -0.39 is 62.8 Å². The molecule has 0 aromatic heterocycles. The highest BCUT2D eigenvalue weighted by Crippen LogP contribution is 2.52. The standard InChI is InChI=1S/C27H57O10PSi3/c1-13-32-38(30,33-14-2)21-20-27(19-17-15-16-18-22(28)31-3)25(37-41(10,11)12)23(35-39(4,5)6)24(26(29)34-27)36-40(7,8)9/h20-21,23-26,29H,13-19H2,1-12H3/b21-20+/t23-,24+,25+,26+,27-/m1/s1. The molecule has 0 aromatic carbocycles. The molecular weight excluding hydrogens is 600 g/mol. The van der Waals surface area contributed by atoms with Crippen molar-refractivity contribution in [2.24, 2.45) is 0 Å². The highest BCUT2D eigenvalue weighted by Gasteiger charge is 2.57. The second kappa shape index (κ2) is 16.2. The lowest BCUT2D eigenvalue weighted by molar-refractivity contribution is -0.297. The zero-order chi connectivity index (χ0) is 31.7. The van der Waals surface area contributed by atoms with Crippen molar-refractivity contribution in [2.75, 3.05) is 20.3 Å². The van der Waals surface area contributed by atoms with Gasteiger partial charge in [-0.3, -0.25) is 9.36 Å². The second-order valence-electron chi connectivity index (χ2n) is 13.3. The summed E-state index contributed by atoms with van der Waals surface area (Å²) in [6, 6.07) is 0. The molecule has 0 aromatic rings. The van der Waals surface area contributed by atoms with Crippen molar-refractivity contribution >= 4 is 38.5 Å². The highest BCUT2D eigenvalue weighted by atomic mass is 31.2. The molecule has 0 radical (unpaired) electrons. The maximum atomic E-state index is 13.5. The fourth-order valence-electron chi connectivity index (χ4n) is 4.66. The van der Waals surface area contributed by atoms with Crippen molar-refractivity contribution in [2.45, 2.75) is 135 Å². The van der Waals surface area contributed by atoms with E-state index in [1.165, 1.54) is 12.9 Å². The number of hydrogen-bond acceptors (Lipinski definition) is 10. The Hall–Kier alpha value is -0.189. The largest absolute Gasteiger partial charge is 0.469 e. The van der Waals surface area contributed by atoms with E-state index >= 15 is 0 Å². The first-order chi connectivity index (χ1) is 18.7. The summed E-state index contributed by atoms with van der Waals surface area (Å²) in [5, 5.41) is 11.5. The highest BCUT2D eigenvalue weighted by molar-refractivity contribution is 7.57.